The number of nitrogens with zero attached hydrogens (tertiary/aromatic N) is 2. The minimum Gasteiger partial charge on any atom is -0.370 e. The molecule has 2 rings (SSSR count). The Bertz CT molecular complexity index is 575. The zero-order valence-electron chi connectivity index (χ0n) is 13.7. The number of unbranched alkanes of at least 4 members (excludes halogenated alkanes) is 1. The van der Waals surface area contributed by atoms with Crippen molar-refractivity contribution >= 4 is 17.8 Å². The van der Waals surface area contributed by atoms with Crippen LogP contribution >= 0.6 is 0 Å². The van der Waals surface area contributed by atoms with Gasteiger partial charge in [-0.25, -0.2) is 0 Å². The van der Waals surface area contributed by atoms with E-state index < -0.39 is 0 Å². The summed E-state index contributed by atoms with van der Waals surface area (Å²) in [7, 11) is 0. The number of fused-ring (bicyclic) bond motifs is 1. The SMILES string of the molecule is CC(C)CN=C(N)NCCCCN1C(=O)c2ccccc2C1=O. The molecule has 1 aromatic rings. The minimum atomic E-state index is -0.198. The van der Waals surface area contributed by atoms with Crippen LogP contribution in [0.3, 0.4) is 0 Å². The van der Waals surface area contributed by atoms with E-state index in [-0.39, 0.29) is 11.8 Å². The zero-order chi connectivity index (χ0) is 16.8. The molecule has 0 unspecified atom stereocenters. The first kappa shape index (κ1) is 17.0. The Morgan fingerprint density at radius 1 is 1.17 bits per heavy atom. The molecule has 3 N–H and O–H groups in total. The molecule has 23 heavy (non-hydrogen) atoms. The van der Waals surface area contributed by atoms with Crippen molar-refractivity contribution in [2.75, 3.05) is 19.6 Å². The molecule has 0 saturated carbocycles. The Labute approximate surface area is 136 Å². The van der Waals surface area contributed by atoms with E-state index in [1.165, 1.54) is 4.90 Å². The van der Waals surface area contributed by atoms with Crippen molar-refractivity contribution < 1.29 is 9.59 Å². The Morgan fingerprint density at radius 2 is 1.78 bits per heavy atom. The van der Waals surface area contributed by atoms with Gasteiger partial charge in [-0.05, 0) is 30.9 Å². The molecule has 0 spiro atoms. The Kier molecular flexibility index (Phi) is 5.73. The van der Waals surface area contributed by atoms with E-state index in [1.54, 1.807) is 24.3 Å². The largest absolute Gasteiger partial charge is 0.370 e. The number of amides is 2. The lowest BCUT2D eigenvalue weighted by Crippen LogP contribution is -2.34. The van der Waals surface area contributed by atoms with E-state index >= 15 is 0 Å². The Hall–Kier alpha value is -2.37. The molecule has 2 amide bonds. The average Bonchev–Trinajstić information content (AvgIpc) is 2.77. The van der Waals surface area contributed by atoms with Crippen LogP contribution in [0.1, 0.15) is 47.4 Å². The van der Waals surface area contributed by atoms with Crippen molar-refractivity contribution in [2.24, 2.45) is 16.6 Å². The van der Waals surface area contributed by atoms with Crippen LogP contribution in [0.5, 0.6) is 0 Å². The summed E-state index contributed by atoms with van der Waals surface area (Å²) in [6.45, 7) is 5.97. The summed E-state index contributed by atoms with van der Waals surface area (Å²) in [5.74, 6) is 0.525. The van der Waals surface area contributed by atoms with Crippen LogP contribution < -0.4 is 11.1 Å². The smallest absolute Gasteiger partial charge is 0.261 e. The number of hydrogen-bond acceptors (Lipinski definition) is 3. The lowest BCUT2D eigenvalue weighted by atomic mass is 10.1. The quantitative estimate of drug-likeness (QED) is 0.346. The fourth-order valence-corrected chi connectivity index (χ4v) is 2.39. The molecule has 6 nitrogen and oxygen atoms in total. The number of carbonyl (C=O) groups is 2. The predicted molar refractivity (Wildman–Crippen MR) is 90.4 cm³/mol. The molecule has 1 aliphatic rings. The van der Waals surface area contributed by atoms with Crippen molar-refractivity contribution in [2.45, 2.75) is 26.7 Å². The third-order valence-corrected chi connectivity index (χ3v) is 3.62. The fourth-order valence-electron chi connectivity index (χ4n) is 2.39. The lowest BCUT2D eigenvalue weighted by molar-refractivity contribution is 0.0652. The zero-order valence-corrected chi connectivity index (χ0v) is 13.7. The first-order valence-corrected chi connectivity index (χ1v) is 7.99. The molecule has 0 aliphatic carbocycles. The third-order valence-electron chi connectivity index (χ3n) is 3.62. The van der Waals surface area contributed by atoms with E-state index in [2.05, 4.69) is 24.2 Å². The van der Waals surface area contributed by atoms with Crippen LogP contribution in [0.25, 0.3) is 0 Å². The number of carbonyl (C=O) groups excluding carboxylic acids is 2. The van der Waals surface area contributed by atoms with Crippen LogP contribution in [-0.2, 0) is 0 Å². The van der Waals surface area contributed by atoms with Crippen LogP contribution in [0.4, 0.5) is 0 Å². The number of hydrogen-bond donors (Lipinski definition) is 2. The molecule has 1 heterocycles. The molecule has 0 radical (unpaired) electrons. The Morgan fingerprint density at radius 3 is 2.35 bits per heavy atom. The second-order valence-corrected chi connectivity index (χ2v) is 6.06. The number of nitrogens with two attached hydrogens (primary N) is 1. The van der Waals surface area contributed by atoms with E-state index in [0.717, 1.165) is 12.8 Å². The average molecular weight is 316 g/mol. The Balaban J connectivity index is 1.73. The number of rotatable bonds is 7. The van der Waals surface area contributed by atoms with Gasteiger partial charge in [0.25, 0.3) is 11.8 Å². The summed E-state index contributed by atoms with van der Waals surface area (Å²) in [5, 5.41) is 3.04. The molecule has 0 aromatic heterocycles. The van der Waals surface area contributed by atoms with Crippen molar-refractivity contribution in [1.29, 1.82) is 0 Å². The van der Waals surface area contributed by atoms with Gasteiger partial charge in [-0.3, -0.25) is 19.5 Å². The molecule has 1 aromatic carbocycles. The third kappa shape index (κ3) is 4.31. The topological polar surface area (TPSA) is 87.8 Å². The maximum absolute atomic E-state index is 12.2. The van der Waals surface area contributed by atoms with Crippen LogP contribution in [0, 0.1) is 5.92 Å². The summed E-state index contributed by atoms with van der Waals surface area (Å²) in [6, 6.07) is 6.94. The summed E-state index contributed by atoms with van der Waals surface area (Å²) in [5.41, 5.74) is 6.75. The maximum atomic E-state index is 12.2. The van der Waals surface area contributed by atoms with Gasteiger partial charge in [0.05, 0.1) is 11.1 Å². The van der Waals surface area contributed by atoms with Gasteiger partial charge in [-0.1, -0.05) is 26.0 Å². The number of imide groups is 1. The highest BCUT2D eigenvalue weighted by Crippen LogP contribution is 2.22. The van der Waals surface area contributed by atoms with E-state index in [9.17, 15) is 9.59 Å². The van der Waals surface area contributed by atoms with Crippen molar-refractivity contribution in [3.05, 3.63) is 35.4 Å². The van der Waals surface area contributed by atoms with Crippen LogP contribution in [0.15, 0.2) is 29.3 Å². The highest BCUT2D eigenvalue weighted by Gasteiger charge is 2.34. The van der Waals surface area contributed by atoms with Crippen LogP contribution in [0.2, 0.25) is 0 Å². The predicted octanol–water partition coefficient (Wildman–Crippen LogP) is 1.62. The van der Waals surface area contributed by atoms with Gasteiger partial charge >= 0.3 is 0 Å². The normalized spacial score (nSPS) is 14.6. The molecule has 124 valence electrons. The monoisotopic (exact) mass is 316 g/mol. The fraction of sp³-hybridized carbons (Fsp3) is 0.471. The first-order valence-electron chi connectivity index (χ1n) is 7.99. The van der Waals surface area contributed by atoms with Crippen molar-refractivity contribution in [3.8, 4) is 0 Å². The summed E-state index contributed by atoms with van der Waals surface area (Å²) in [6.07, 6.45) is 1.54. The van der Waals surface area contributed by atoms with Gasteiger partial charge < -0.3 is 11.1 Å². The molecule has 0 atom stereocenters. The number of guanidine groups is 1. The number of benzene rings is 1. The van der Waals surface area contributed by atoms with E-state index in [0.29, 0.717) is 42.6 Å². The second-order valence-electron chi connectivity index (χ2n) is 6.06. The number of aliphatic imine (C=N–C) groups is 1. The van der Waals surface area contributed by atoms with Gasteiger partial charge in [-0.2, -0.15) is 0 Å². The van der Waals surface area contributed by atoms with Crippen molar-refractivity contribution in [3.63, 3.8) is 0 Å². The molecule has 0 saturated heterocycles. The molecule has 0 bridgehead atoms. The lowest BCUT2D eigenvalue weighted by Gasteiger charge is -2.13. The minimum absolute atomic E-state index is 0.198. The molecule has 0 fully saturated rings. The van der Waals surface area contributed by atoms with E-state index in [4.69, 9.17) is 5.73 Å². The standard InChI is InChI=1S/C17H24N4O2/c1-12(2)11-20-17(18)19-9-5-6-10-21-15(22)13-7-3-4-8-14(13)16(21)23/h3-4,7-8,12H,5-6,9-11H2,1-2H3,(H3,18,19,20). The van der Waals surface area contributed by atoms with Gasteiger partial charge in [-0.15, -0.1) is 0 Å². The maximum Gasteiger partial charge on any atom is 0.261 e. The highest BCUT2D eigenvalue weighted by atomic mass is 16.2. The van der Waals surface area contributed by atoms with Gasteiger partial charge in [0.2, 0.25) is 0 Å². The van der Waals surface area contributed by atoms with Crippen molar-refractivity contribution in [1.82, 2.24) is 10.2 Å². The van der Waals surface area contributed by atoms with Crippen LogP contribution in [-0.4, -0.2) is 42.3 Å². The number of nitrogens with one attached hydrogen (secondary N) is 1. The highest BCUT2D eigenvalue weighted by molar-refractivity contribution is 6.21. The second kappa shape index (κ2) is 7.76. The molecule has 1 aliphatic heterocycles. The first-order chi connectivity index (χ1) is 11.0. The molecule has 6 heteroatoms. The summed E-state index contributed by atoms with van der Waals surface area (Å²) >= 11 is 0. The van der Waals surface area contributed by atoms with Gasteiger partial charge in [0, 0.05) is 19.6 Å². The summed E-state index contributed by atoms with van der Waals surface area (Å²) in [4.78, 5) is 29.9. The van der Waals surface area contributed by atoms with E-state index in [1.807, 2.05) is 0 Å². The van der Waals surface area contributed by atoms with Gasteiger partial charge in [0.1, 0.15) is 0 Å². The molecular weight excluding hydrogens is 292 g/mol. The summed E-state index contributed by atoms with van der Waals surface area (Å²) < 4.78 is 0. The van der Waals surface area contributed by atoms with Gasteiger partial charge in [0.15, 0.2) is 5.96 Å². The molecular formula is C17H24N4O2.